The topological polar surface area (TPSA) is 107 Å². The van der Waals surface area contributed by atoms with Crippen molar-refractivity contribution in [3.05, 3.63) is 29.5 Å². The van der Waals surface area contributed by atoms with Crippen LogP contribution in [-0.4, -0.2) is 37.7 Å². The Morgan fingerprint density at radius 1 is 1.28 bits per heavy atom. The normalized spacial score (nSPS) is 11.7. The summed E-state index contributed by atoms with van der Waals surface area (Å²) in [4.78, 5) is 35.2. The smallest absolute Gasteiger partial charge is 0.375 e. The van der Waals surface area contributed by atoms with Crippen LogP contribution in [0.4, 0.5) is 4.79 Å². The molecule has 0 aliphatic rings. The minimum absolute atomic E-state index is 0.00300. The highest BCUT2D eigenvalue weighted by molar-refractivity contribution is 6.00. The average molecular weight is 348 g/mol. The van der Waals surface area contributed by atoms with Crippen LogP contribution in [0.2, 0.25) is 0 Å². The van der Waals surface area contributed by atoms with Gasteiger partial charge in [0.2, 0.25) is 5.76 Å². The third-order valence-electron chi connectivity index (χ3n) is 3.52. The van der Waals surface area contributed by atoms with Gasteiger partial charge in [-0.3, -0.25) is 10.1 Å². The SMILES string of the molecule is CCOc1ccc2oc(C(=O)O[C@@H](C)C(=O)NC(=O)NC)c(C)c2c1. The van der Waals surface area contributed by atoms with Gasteiger partial charge < -0.3 is 19.2 Å². The van der Waals surface area contributed by atoms with Crippen molar-refractivity contribution in [2.45, 2.75) is 26.9 Å². The second kappa shape index (κ2) is 7.69. The number of hydrogen-bond acceptors (Lipinski definition) is 6. The fourth-order valence-corrected chi connectivity index (χ4v) is 2.19. The molecule has 0 bridgehead atoms. The zero-order valence-electron chi connectivity index (χ0n) is 14.5. The summed E-state index contributed by atoms with van der Waals surface area (Å²) in [5, 5.41) is 4.99. The van der Waals surface area contributed by atoms with Gasteiger partial charge in [-0.1, -0.05) is 0 Å². The first-order valence-corrected chi connectivity index (χ1v) is 7.76. The molecule has 2 N–H and O–H groups in total. The van der Waals surface area contributed by atoms with E-state index in [-0.39, 0.29) is 5.76 Å². The number of esters is 1. The maximum atomic E-state index is 12.3. The summed E-state index contributed by atoms with van der Waals surface area (Å²) in [6, 6.07) is 4.53. The van der Waals surface area contributed by atoms with Crippen LogP contribution in [0.5, 0.6) is 5.75 Å². The highest BCUT2D eigenvalue weighted by atomic mass is 16.6. The van der Waals surface area contributed by atoms with Crippen molar-refractivity contribution in [1.82, 2.24) is 10.6 Å². The fraction of sp³-hybridized carbons (Fsp3) is 0.353. The molecule has 0 saturated heterocycles. The number of imide groups is 1. The number of nitrogens with one attached hydrogen (secondary N) is 2. The molecule has 0 spiro atoms. The van der Waals surface area contributed by atoms with E-state index in [1.165, 1.54) is 14.0 Å². The summed E-state index contributed by atoms with van der Waals surface area (Å²) < 4.78 is 16.0. The van der Waals surface area contributed by atoms with Gasteiger partial charge >= 0.3 is 12.0 Å². The van der Waals surface area contributed by atoms with Gasteiger partial charge in [0.15, 0.2) is 6.10 Å². The van der Waals surface area contributed by atoms with Crippen molar-refractivity contribution >= 4 is 28.9 Å². The summed E-state index contributed by atoms with van der Waals surface area (Å²) in [6.07, 6.45) is -1.16. The van der Waals surface area contributed by atoms with Crippen LogP contribution < -0.4 is 15.4 Å². The first kappa shape index (κ1) is 18.3. The minimum atomic E-state index is -1.16. The third-order valence-corrected chi connectivity index (χ3v) is 3.52. The molecule has 8 heteroatoms. The van der Waals surface area contributed by atoms with Crippen LogP contribution in [0, 0.1) is 6.92 Å². The van der Waals surface area contributed by atoms with Gasteiger partial charge in [0.05, 0.1) is 6.61 Å². The predicted molar refractivity (Wildman–Crippen MR) is 89.6 cm³/mol. The zero-order chi connectivity index (χ0) is 18.6. The van der Waals surface area contributed by atoms with E-state index in [0.717, 1.165) is 5.39 Å². The fourth-order valence-electron chi connectivity index (χ4n) is 2.19. The molecule has 134 valence electrons. The van der Waals surface area contributed by atoms with Crippen molar-refractivity contribution < 1.29 is 28.3 Å². The van der Waals surface area contributed by atoms with Crippen molar-refractivity contribution in [2.75, 3.05) is 13.7 Å². The van der Waals surface area contributed by atoms with Gasteiger partial charge in [0, 0.05) is 18.0 Å². The number of ether oxygens (including phenoxy) is 2. The molecule has 1 aromatic carbocycles. The molecule has 3 amide bonds. The molecule has 0 unspecified atom stereocenters. The standard InChI is InChI=1S/C17H20N2O6/c1-5-23-11-6-7-13-12(8-11)9(2)14(25-13)16(21)24-10(3)15(20)19-17(22)18-4/h6-8,10H,5H2,1-4H3,(H2,18,19,20,22)/t10-/m0/s1. The number of benzene rings is 1. The van der Waals surface area contributed by atoms with Gasteiger partial charge in [0.25, 0.3) is 5.91 Å². The predicted octanol–water partition coefficient (Wildman–Crippen LogP) is 2.14. The molecule has 2 aromatic rings. The minimum Gasteiger partial charge on any atom is -0.494 e. The lowest BCUT2D eigenvalue weighted by Crippen LogP contribution is -2.43. The van der Waals surface area contributed by atoms with Crippen molar-refractivity contribution in [3.63, 3.8) is 0 Å². The highest BCUT2D eigenvalue weighted by Gasteiger charge is 2.25. The summed E-state index contributed by atoms with van der Waals surface area (Å²) in [5.41, 5.74) is 1.09. The summed E-state index contributed by atoms with van der Waals surface area (Å²) >= 11 is 0. The largest absolute Gasteiger partial charge is 0.494 e. The number of hydrogen-bond donors (Lipinski definition) is 2. The Labute approximate surface area is 144 Å². The van der Waals surface area contributed by atoms with Crippen LogP contribution >= 0.6 is 0 Å². The lowest BCUT2D eigenvalue weighted by molar-refractivity contribution is -0.128. The molecule has 1 atom stereocenters. The van der Waals surface area contributed by atoms with E-state index < -0.39 is 24.0 Å². The lowest BCUT2D eigenvalue weighted by atomic mass is 10.1. The maximum Gasteiger partial charge on any atom is 0.375 e. The summed E-state index contributed by atoms with van der Waals surface area (Å²) in [6.45, 7) is 5.48. The number of fused-ring (bicyclic) bond motifs is 1. The van der Waals surface area contributed by atoms with Crippen LogP contribution in [0.3, 0.4) is 0 Å². The Balaban J connectivity index is 2.17. The van der Waals surface area contributed by atoms with Crippen LogP contribution in [0.15, 0.2) is 22.6 Å². The Morgan fingerprint density at radius 3 is 2.64 bits per heavy atom. The third kappa shape index (κ3) is 4.09. The van der Waals surface area contributed by atoms with Crippen LogP contribution in [0.25, 0.3) is 11.0 Å². The van der Waals surface area contributed by atoms with E-state index in [0.29, 0.717) is 23.5 Å². The molecule has 2 rings (SSSR count). The number of amides is 3. The van der Waals surface area contributed by atoms with Gasteiger partial charge in [-0.2, -0.15) is 0 Å². The monoisotopic (exact) mass is 348 g/mol. The van der Waals surface area contributed by atoms with Gasteiger partial charge in [-0.25, -0.2) is 9.59 Å². The molecule has 1 heterocycles. The number of carbonyl (C=O) groups is 3. The van der Waals surface area contributed by atoms with Crippen molar-refractivity contribution in [2.24, 2.45) is 0 Å². The highest BCUT2D eigenvalue weighted by Crippen LogP contribution is 2.29. The van der Waals surface area contributed by atoms with Crippen LogP contribution in [0.1, 0.15) is 30.0 Å². The van der Waals surface area contributed by atoms with Gasteiger partial charge in [0.1, 0.15) is 11.3 Å². The first-order chi connectivity index (χ1) is 11.9. The molecule has 25 heavy (non-hydrogen) atoms. The van der Waals surface area contributed by atoms with E-state index >= 15 is 0 Å². The molecular weight excluding hydrogens is 328 g/mol. The molecule has 0 fully saturated rings. The van der Waals surface area contributed by atoms with Crippen molar-refractivity contribution in [1.29, 1.82) is 0 Å². The molecule has 8 nitrogen and oxygen atoms in total. The molecule has 0 aliphatic carbocycles. The molecule has 0 saturated carbocycles. The Morgan fingerprint density at radius 2 is 2.00 bits per heavy atom. The van der Waals surface area contributed by atoms with E-state index in [4.69, 9.17) is 13.9 Å². The number of carbonyl (C=O) groups excluding carboxylic acids is 3. The summed E-state index contributed by atoms with van der Waals surface area (Å²) in [7, 11) is 1.37. The van der Waals surface area contributed by atoms with E-state index in [2.05, 4.69) is 5.32 Å². The molecule has 1 aromatic heterocycles. The Hall–Kier alpha value is -3.03. The second-order valence-electron chi connectivity index (χ2n) is 5.26. The van der Waals surface area contributed by atoms with E-state index in [9.17, 15) is 14.4 Å². The van der Waals surface area contributed by atoms with E-state index in [1.807, 2.05) is 12.2 Å². The second-order valence-corrected chi connectivity index (χ2v) is 5.26. The zero-order valence-corrected chi connectivity index (χ0v) is 14.5. The molecular formula is C17H20N2O6. The van der Waals surface area contributed by atoms with Gasteiger partial charge in [-0.05, 0) is 39.0 Å². The lowest BCUT2D eigenvalue weighted by Gasteiger charge is -2.11. The Kier molecular flexibility index (Phi) is 5.63. The first-order valence-electron chi connectivity index (χ1n) is 7.76. The van der Waals surface area contributed by atoms with E-state index in [1.54, 1.807) is 25.1 Å². The average Bonchev–Trinajstić information content (AvgIpc) is 2.91. The van der Waals surface area contributed by atoms with Crippen LogP contribution in [-0.2, 0) is 9.53 Å². The molecule has 0 radical (unpaired) electrons. The number of urea groups is 1. The van der Waals surface area contributed by atoms with Crippen molar-refractivity contribution in [3.8, 4) is 5.75 Å². The molecule has 0 aliphatic heterocycles. The quantitative estimate of drug-likeness (QED) is 0.802. The summed E-state index contributed by atoms with van der Waals surface area (Å²) in [5.74, 6) is -0.855. The van der Waals surface area contributed by atoms with Gasteiger partial charge in [-0.15, -0.1) is 0 Å². The number of aryl methyl sites for hydroxylation is 1. The maximum absolute atomic E-state index is 12.3. The number of furan rings is 1. The Bertz CT molecular complexity index is 811. The number of rotatable bonds is 5.